The van der Waals surface area contributed by atoms with Gasteiger partial charge < -0.3 is 10.1 Å². The van der Waals surface area contributed by atoms with Gasteiger partial charge in [-0.2, -0.15) is 18.3 Å². The molecule has 2 aromatic heterocycles. The first kappa shape index (κ1) is 21.5. The Hall–Kier alpha value is -3.21. The highest BCUT2D eigenvalue weighted by molar-refractivity contribution is 7.14. The number of carbonyl (C=O) groups is 2. The quantitative estimate of drug-likeness (QED) is 0.588. The third kappa shape index (κ3) is 4.85. The second-order valence-electron chi connectivity index (χ2n) is 6.26. The first-order chi connectivity index (χ1) is 14.2. The Morgan fingerprint density at radius 2 is 2.03 bits per heavy atom. The van der Waals surface area contributed by atoms with Gasteiger partial charge in [0.25, 0.3) is 5.91 Å². The number of hydrogen-bond acceptors (Lipinski definition) is 6. The van der Waals surface area contributed by atoms with E-state index in [2.05, 4.69) is 15.4 Å². The summed E-state index contributed by atoms with van der Waals surface area (Å²) in [5, 5.41) is 6.21. The molecular weight excluding hydrogens is 421 g/mol. The molecule has 3 rings (SSSR count). The summed E-state index contributed by atoms with van der Waals surface area (Å²) in [5.41, 5.74) is 0.0541. The normalized spacial score (nSPS) is 11.4. The summed E-state index contributed by atoms with van der Waals surface area (Å²) in [6, 6.07) is 4.50. The summed E-state index contributed by atoms with van der Waals surface area (Å²) in [6.07, 6.45) is -1.34. The zero-order valence-corrected chi connectivity index (χ0v) is 16.8. The number of esters is 1. The van der Waals surface area contributed by atoms with Crippen LogP contribution in [-0.2, 0) is 22.1 Å². The summed E-state index contributed by atoms with van der Waals surface area (Å²) in [6.45, 7) is 3.19. The lowest BCUT2D eigenvalue weighted by molar-refractivity contribution is -0.137. The molecule has 0 unspecified atom stereocenters. The molecule has 2 heterocycles. The lowest BCUT2D eigenvalue weighted by Gasteiger charge is -2.14. The molecule has 1 aromatic carbocycles. The standard InChI is InChI=1S/C19H17F3N4O3S/c1-3-15-11(2)6-16(30-15)18(28)29-8-17(27)25-13-7-12(19(20,21)22)4-5-14(13)26-10-23-9-24-26/h4-7,9-10H,3,8H2,1-2H3,(H,25,27). The van der Waals surface area contributed by atoms with Crippen molar-refractivity contribution in [2.24, 2.45) is 0 Å². The third-order valence-electron chi connectivity index (χ3n) is 4.14. The molecule has 0 fully saturated rings. The van der Waals surface area contributed by atoms with Gasteiger partial charge in [0.05, 0.1) is 16.9 Å². The molecule has 3 aromatic rings. The van der Waals surface area contributed by atoms with Crippen LogP contribution in [0.3, 0.4) is 0 Å². The number of thiophene rings is 1. The molecule has 0 bridgehead atoms. The maximum atomic E-state index is 13.1. The average molecular weight is 438 g/mol. The molecule has 7 nitrogen and oxygen atoms in total. The van der Waals surface area contributed by atoms with Crippen molar-refractivity contribution < 1.29 is 27.5 Å². The van der Waals surface area contributed by atoms with Gasteiger partial charge in [-0.05, 0) is 43.2 Å². The maximum Gasteiger partial charge on any atom is 0.416 e. The Labute approximate surface area is 173 Å². The number of nitrogens with one attached hydrogen (secondary N) is 1. The molecule has 0 aliphatic rings. The van der Waals surface area contributed by atoms with Crippen LogP contribution in [0.15, 0.2) is 36.9 Å². The van der Waals surface area contributed by atoms with E-state index in [1.807, 2.05) is 13.8 Å². The minimum absolute atomic E-state index is 0.142. The molecule has 0 radical (unpaired) electrons. The molecule has 0 spiro atoms. The predicted molar refractivity (Wildman–Crippen MR) is 104 cm³/mol. The first-order valence-corrected chi connectivity index (χ1v) is 9.63. The van der Waals surface area contributed by atoms with Crippen LogP contribution >= 0.6 is 11.3 Å². The lowest BCUT2D eigenvalue weighted by Crippen LogP contribution is -2.22. The van der Waals surface area contributed by atoms with Gasteiger partial charge >= 0.3 is 12.1 Å². The Balaban J connectivity index is 1.74. The van der Waals surface area contributed by atoms with E-state index in [1.165, 1.54) is 34.7 Å². The number of hydrogen-bond donors (Lipinski definition) is 1. The molecule has 1 amide bonds. The number of alkyl halides is 3. The van der Waals surface area contributed by atoms with Crippen molar-refractivity contribution in [3.8, 4) is 5.69 Å². The van der Waals surface area contributed by atoms with E-state index in [0.717, 1.165) is 29.0 Å². The van der Waals surface area contributed by atoms with Gasteiger partial charge in [-0.3, -0.25) is 4.79 Å². The molecule has 1 N–H and O–H groups in total. The van der Waals surface area contributed by atoms with E-state index < -0.39 is 30.2 Å². The lowest BCUT2D eigenvalue weighted by atomic mass is 10.1. The number of aromatic nitrogens is 3. The van der Waals surface area contributed by atoms with Crippen molar-refractivity contribution in [3.05, 3.63) is 57.8 Å². The van der Waals surface area contributed by atoms with Crippen molar-refractivity contribution in [1.29, 1.82) is 0 Å². The largest absolute Gasteiger partial charge is 0.451 e. The number of benzene rings is 1. The molecule has 0 saturated carbocycles. The number of ether oxygens (including phenoxy) is 1. The van der Waals surface area contributed by atoms with Crippen molar-refractivity contribution in [2.75, 3.05) is 11.9 Å². The number of amides is 1. The van der Waals surface area contributed by atoms with Crippen LogP contribution in [0.2, 0.25) is 0 Å². The molecular formula is C19H17F3N4O3S. The molecule has 158 valence electrons. The highest BCUT2D eigenvalue weighted by Crippen LogP contribution is 2.33. The van der Waals surface area contributed by atoms with Gasteiger partial charge in [0.15, 0.2) is 6.61 Å². The van der Waals surface area contributed by atoms with Crippen LogP contribution in [-0.4, -0.2) is 33.2 Å². The van der Waals surface area contributed by atoms with Crippen LogP contribution in [0, 0.1) is 6.92 Å². The van der Waals surface area contributed by atoms with E-state index in [4.69, 9.17) is 4.74 Å². The van der Waals surface area contributed by atoms with Crippen LogP contribution in [0.5, 0.6) is 0 Å². The summed E-state index contributed by atoms with van der Waals surface area (Å²) < 4.78 is 45.4. The van der Waals surface area contributed by atoms with E-state index >= 15 is 0 Å². The third-order valence-corrected chi connectivity index (χ3v) is 5.50. The fraction of sp³-hybridized carbons (Fsp3) is 0.263. The molecule has 30 heavy (non-hydrogen) atoms. The van der Waals surface area contributed by atoms with E-state index in [0.29, 0.717) is 4.88 Å². The van der Waals surface area contributed by atoms with Gasteiger partial charge in [-0.15, -0.1) is 11.3 Å². The number of aryl methyl sites for hydroxylation is 2. The molecule has 0 saturated heterocycles. The first-order valence-electron chi connectivity index (χ1n) is 8.81. The predicted octanol–water partition coefficient (Wildman–Crippen LogP) is 4.01. The van der Waals surface area contributed by atoms with Gasteiger partial charge in [0, 0.05) is 4.88 Å². The second-order valence-corrected chi connectivity index (χ2v) is 7.40. The van der Waals surface area contributed by atoms with Crippen molar-refractivity contribution in [2.45, 2.75) is 26.4 Å². The maximum absolute atomic E-state index is 13.1. The number of halogens is 3. The number of anilines is 1. The molecule has 0 atom stereocenters. The number of carbonyl (C=O) groups excluding carboxylic acids is 2. The van der Waals surface area contributed by atoms with E-state index in [9.17, 15) is 22.8 Å². The fourth-order valence-electron chi connectivity index (χ4n) is 2.70. The summed E-state index contributed by atoms with van der Waals surface area (Å²) in [4.78, 5) is 29.6. The summed E-state index contributed by atoms with van der Waals surface area (Å²) in [5.74, 6) is -1.45. The average Bonchev–Trinajstić information content (AvgIpc) is 3.35. The van der Waals surface area contributed by atoms with Crippen LogP contribution in [0.4, 0.5) is 18.9 Å². The SMILES string of the molecule is CCc1sc(C(=O)OCC(=O)Nc2cc(C(F)(F)F)ccc2-n2cncn2)cc1C. The molecule has 11 heteroatoms. The Morgan fingerprint density at radius 3 is 2.63 bits per heavy atom. The highest BCUT2D eigenvalue weighted by Gasteiger charge is 2.31. The van der Waals surface area contributed by atoms with Gasteiger partial charge in [0.2, 0.25) is 0 Å². The van der Waals surface area contributed by atoms with Gasteiger partial charge in [0.1, 0.15) is 17.5 Å². The van der Waals surface area contributed by atoms with Crippen LogP contribution in [0.25, 0.3) is 5.69 Å². The van der Waals surface area contributed by atoms with Crippen LogP contribution in [0.1, 0.15) is 32.6 Å². The summed E-state index contributed by atoms with van der Waals surface area (Å²) >= 11 is 1.28. The van der Waals surface area contributed by atoms with Crippen LogP contribution < -0.4 is 5.32 Å². The van der Waals surface area contributed by atoms with Crippen molar-refractivity contribution >= 4 is 28.9 Å². The monoisotopic (exact) mass is 438 g/mol. The van der Waals surface area contributed by atoms with E-state index in [-0.39, 0.29) is 11.4 Å². The Morgan fingerprint density at radius 1 is 1.27 bits per heavy atom. The minimum Gasteiger partial charge on any atom is -0.451 e. The fourth-order valence-corrected chi connectivity index (χ4v) is 3.71. The van der Waals surface area contributed by atoms with Crippen molar-refractivity contribution in [3.63, 3.8) is 0 Å². The molecule has 0 aliphatic heterocycles. The smallest absolute Gasteiger partial charge is 0.416 e. The molecule has 0 aliphatic carbocycles. The van der Waals surface area contributed by atoms with Crippen molar-refractivity contribution in [1.82, 2.24) is 14.8 Å². The highest BCUT2D eigenvalue weighted by atomic mass is 32.1. The number of nitrogens with zero attached hydrogens (tertiary/aromatic N) is 3. The van der Waals surface area contributed by atoms with E-state index in [1.54, 1.807) is 6.07 Å². The second kappa shape index (κ2) is 8.66. The van der Waals surface area contributed by atoms with Gasteiger partial charge in [-0.25, -0.2) is 14.5 Å². The van der Waals surface area contributed by atoms with Gasteiger partial charge in [-0.1, -0.05) is 6.92 Å². The zero-order valence-electron chi connectivity index (χ0n) is 16.0. The zero-order chi connectivity index (χ0) is 21.9. The number of rotatable bonds is 6. The Bertz CT molecular complexity index is 1060. The minimum atomic E-state index is -4.60. The summed E-state index contributed by atoms with van der Waals surface area (Å²) in [7, 11) is 0. The Kier molecular flexibility index (Phi) is 6.20. The topological polar surface area (TPSA) is 86.1 Å².